The molecule has 0 amide bonds. The molecule has 142 valence electrons. The molecule has 3 rings (SSSR count). The fraction of sp³-hybridized carbons (Fsp3) is 0.0952. The molecule has 0 saturated heterocycles. The Morgan fingerprint density at radius 3 is 2.61 bits per heavy atom. The first-order chi connectivity index (χ1) is 13.5. The zero-order chi connectivity index (χ0) is 19.9. The van der Waals surface area contributed by atoms with E-state index in [2.05, 4.69) is 4.99 Å². The van der Waals surface area contributed by atoms with Gasteiger partial charge in [0.1, 0.15) is 0 Å². The first kappa shape index (κ1) is 18.9. The Labute approximate surface area is 161 Å². The van der Waals surface area contributed by atoms with Crippen LogP contribution in [0.4, 0.5) is 0 Å². The zero-order valence-corrected chi connectivity index (χ0v) is 15.0. The molecular formula is C21H17NO6. The summed E-state index contributed by atoms with van der Waals surface area (Å²) in [7, 11) is 1.44. The van der Waals surface area contributed by atoms with E-state index in [4.69, 9.17) is 19.3 Å². The molecular weight excluding hydrogens is 362 g/mol. The van der Waals surface area contributed by atoms with Gasteiger partial charge in [0.05, 0.1) is 7.11 Å². The van der Waals surface area contributed by atoms with Crippen molar-refractivity contribution in [2.45, 2.75) is 0 Å². The molecule has 0 unspecified atom stereocenters. The number of carboxylic acids is 1. The molecule has 0 bridgehead atoms. The Hall–Kier alpha value is -3.87. The smallest absolute Gasteiger partial charge is 0.363 e. The number of benzene rings is 2. The third-order valence-corrected chi connectivity index (χ3v) is 3.70. The second-order valence-electron chi connectivity index (χ2n) is 5.71. The Morgan fingerprint density at radius 2 is 1.89 bits per heavy atom. The average molecular weight is 379 g/mol. The molecule has 0 aromatic heterocycles. The number of hydrogen-bond donors (Lipinski definition) is 1. The van der Waals surface area contributed by atoms with Crippen LogP contribution in [0.1, 0.15) is 11.1 Å². The second kappa shape index (κ2) is 8.68. The number of methoxy groups -OCH3 is 1. The minimum Gasteiger partial charge on any atom is -0.493 e. The van der Waals surface area contributed by atoms with E-state index in [9.17, 15) is 9.59 Å². The third kappa shape index (κ3) is 4.85. The van der Waals surface area contributed by atoms with Gasteiger partial charge in [0.25, 0.3) is 0 Å². The number of carbonyl (C=O) groups excluding carboxylic acids is 1. The van der Waals surface area contributed by atoms with E-state index in [1.165, 1.54) is 7.11 Å². The minimum absolute atomic E-state index is 0.147. The van der Waals surface area contributed by atoms with E-state index in [0.717, 1.165) is 5.56 Å². The number of hydrogen-bond acceptors (Lipinski definition) is 6. The number of aliphatic carboxylic acids is 1. The summed E-state index contributed by atoms with van der Waals surface area (Å²) in [5.41, 5.74) is 1.73. The number of carboxylic acid groups (broad SMARTS) is 1. The summed E-state index contributed by atoms with van der Waals surface area (Å²) in [6, 6.07) is 14.4. The van der Waals surface area contributed by atoms with Gasteiger partial charge < -0.3 is 19.3 Å². The Morgan fingerprint density at radius 1 is 1.11 bits per heavy atom. The topological polar surface area (TPSA) is 94.4 Å². The van der Waals surface area contributed by atoms with Gasteiger partial charge in [-0.05, 0) is 35.4 Å². The van der Waals surface area contributed by atoms with E-state index < -0.39 is 18.5 Å². The average Bonchev–Trinajstić information content (AvgIpc) is 3.05. The van der Waals surface area contributed by atoms with Crippen molar-refractivity contribution in [1.82, 2.24) is 0 Å². The predicted octanol–water partition coefficient (Wildman–Crippen LogP) is 3.17. The van der Waals surface area contributed by atoms with Crippen molar-refractivity contribution in [2.75, 3.05) is 13.7 Å². The molecule has 0 atom stereocenters. The Balaban J connectivity index is 1.78. The van der Waals surface area contributed by atoms with Gasteiger partial charge in [0, 0.05) is 6.08 Å². The van der Waals surface area contributed by atoms with Crippen molar-refractivity contribution in [3.63, 3.8) is 0 Å². The fourth-order valence-electron chi connectivity index (χ4n) is 2.42. The lowest BCUT2D eigenvalue weighted by atomic mass is 10.1. The molecule has 7 nitrogen and oxygen atoms in total. The number of esters is 1. The van der Waals surface area contributed by atoms with Gasteiger partial charge in [-0.1, -0.05) is 36.4 Å². The van der Waals surface area contributed by atoms with Crippen molar-refractivity contribution in [1.29, 1.82) is 0 Å². The SMILES string of the molecule is COc1cc(/C=C2N=C(/C=C/c3ccccc3)OC\2=O)ccc1OCC(=O)O. The van der Waals surface area contributed by atoms with Crippen molar-refractivity contribution >= 4 is 30.0 Å². The van der Waals surface area contributed by atoms with Crippen LogP contribution in [0.15, 0.2) is 65.3 Å². The summed E-state index contributed by atoms with van der Waals surface area (Å²) < 4.78 is 15.5. The van der Waals surface area contributed by atoms with Crippen LogP contribution in [0.25, 0.3) is 12.2 Å². The van der Waals surface area contributed by atoms with Gasteiger partial charge in [-0.2, -0.15) is 0 Å². The van der Waals surface area contributed by atoms with Gasteiger partial charge in [0.15, 0.2) is 23.8 Å². The van der Waals surface area contributed by atoms with Gasteiger partial charge in [-0.3, -0.25) is 0 Å². The van der Waals surface area contributed by atoms with Gasteiger partial charge >= 0.3 is 11.9 Å². The van der Waals surface area contributed by atoms with Crippen molar-refractivity contribution in [3.8, 4) is 11.5 Å². The molecule has 1 N–H and O–H groups in total. The molecule has 0 aliphatic carbocycles. The normalized spacial score (nSPS) is 14.8. The van der Waals surface area contributed by atoms with Crippen LogP contribution in [0.3, 0.4) is 0 Å². The molecule has 2 aromatic carbocycles. The predicted molar refractivity (Wildman–Crippen MR) is 103 cm³/mol. The highest BCUT2D eigenvalue weighted by Gasteiger charge is 2.21. The fourth-order valence-corrected chi connectivity index (χ4v) is 2.42. The van der Waals surface area contributed by atoms with Crippen LogP contribution < -0.4 is 9.47 Å². The number of cyclic esters (lactones) is 1. The number of aliphatic imine (C=N–C) groups is 1. The van der Waals surface area contributed by atoms with Gasteiger partial charge in [-0.15, -0.1) is 0 Å². The van der Waals surface area contributed by atoms with Crippen molar-refractivity contribution in [2.24, 2.45) is 4.99 Å². The molecule has 1 aliphatic rings. The van der Waals surface area contributed by atoms with E-state index in [0.29, 0.717) is 11.3 Å². The Bertz CT molecular complexity index is 976. The largest absolute Gasteiger partial charge is 0.493 e. The van der Waals surface area contributed by atoms with Crippen LogP contribution >= 0.6 is 0 Å². The zero-order valence-electron chi connectivity index (χ0n) is 15.0. The molecule has 1 aliphatic heterocycles. The van der Waals surface area contributed by atoms with E-state index >= 15 is 0 Å². The number of ether oxygens (including phenoxy) is 3. The molecule has 2 aromatic rings. The molecule has 1 heterocycles. The third-order valence-electron chi connectivity index (χ3n) is 3.70. The summed E-state index contributed by atoms with van der Waals surface area (Å²) in [5, 5.41) is 8.71. The molecule has 0 radical (unpaired) electrons. The highest BCUT2D eigenvalue weighted by Crippen LogP contribution is 2.29. The number of carbonyl (C=O) groups is 2. The van der Waals surface area contributed by atoms with Crippen LogP contribution in [0.2, 0.25) is 0 Å². The monoisotopic (exact) mass is 379 g/mol. The molecule has 7 heteroatoms. The lowest BCUT2D eigenvalue weighted by Crippen LogP contribution is -2.10. The molecule has 0 spiro atoms. The maximum Gasteiger partial charge on any atom is 0.363 e. The van der Waals surface area contributed by atoms with E-state index in [-0.39, 0.29) is 17.3 Å². The van der Waals surface area contributed by atoms with Crippen LogP contribution in [-0.2, 0) is 14.3 Å². The van der Waals surface area contributed by atoms with Crippen LogP contribution in [0, 0.1) is 0 Å². The quantitative estimate of drug-likeness (QED) is 0.587. The van der Waals surface area contributed by atoms with Gasteiger partial charge in [0.2, 0.25) is 5.90 Å². The molecule has 0 fully saturated rings. The second-order valence-corrected chi connectivity index (χ2v) is 5.71. The minimum atomic E-state index is -1.09. The highest BCUT2D eigenvalue weighted by atomic mass is 16.6. The summed E-state index contributed by atoms with van der Waals surface area (Å²) >= 11 is 0. The summed E-state index contributed by atoms with van der Waals surface area (Å²) in [6.07, 6.45) is 4.97. The van der Waals surface area contributed by atoms with Crippen molar-refractivity contribution < 1.29 is 28.9 Å². The first-order valence-electron chi connectivity index (χ1n) is 8.33. The summed E-state index contributed by atoms with van der Waals surface area (Å²) in [6.45, 7) is -0.482. The maximum absolute atomic E-state index is 12.0. The van der Waals surface area contributed by atoms with Gasteiger partial charge in [-0.25, -0.2) is 14.6 Å². The van der Waals surface area contributed by atoms with Crippen LogP contribution in [0.5, 0.6) is 11.5 Å². The van der Waals surface area contributed by atoms with Crippen LogP contribution in [-0.4, -0.2) is 36.7 Å². The lowest BCUT2D eigenvalue weighted by Gasteiger charge is -2.09. The summed E-state index contributed by atoms with van der Waals surface area (Å²) in [5.74, 6) is -0.815. The standard InChI is InChI=1S/C21H17NO6/c1-26-18-12-15(7-9-17(18)27-13-20(23)24)11-16-21(25)28-19(22-16)10-8-14-5-3-2-4-6-14/h2-12H,13H2,1H3,(H,23,24)/b10-8+,16-11-. The maximum atomic E-state index is 12.0. The highest BCUT2D eigenvalue weighted by molar-refractivity contribution is 6.11. The number of rotatable bonds is 7. The van der Waals surface area contributed by atoms with Crippen molar-refractivity contribution in [3.05, 3.63) is 71.4 Å². The molecule has 28 heavy (non-hydrogen) atoms. The number of nitrogens with zero attached hydrogens (tertiary/aromatic N) is 1. The summed E-state index contributed by atoms with van der Waals surface area (Å²) in [4.78, 5) is 26.9. The molecule has 0 saturated carbocycles. The van der Waals surface area contributed by atoms with E-state index in [1.807, 2.05) is 30.3 Å². The lowest BCUT2D eigenvalue weighted by molar-refractivity contribution is -0.139. The van der Waals surface area contributed by atoms with E-state index in [1.54, 1.807) is 36.4 Å². The Kier molecular flexibility index (Phi) is 5.86. The first-order valence-corrected chi connectivity index (χ1v) is 8.33.